The number of carbonyl (C=O) groups excluding carboxylic acids is 1. The Morgan fingerprint density at radius 1 is 1.10 bits per heavy atom. The molecule has 0 amide bonds. The van der Waals surface area contributed by atoms with Gasteiger partial charge >= 0.3 is 0 Å². The first-order valence-electron chi connectivity index (χ1n) is 9.15. The van der Waals surface area contributed by atoms with Gasteiger partial charge in [-0.05, 0) is 74.0 Å². The van der Waals surface area contributed by atoms with Crippen molar-refractivity contribution < 1.29 is 9.90 Å². The molecule has 0 saturated heterocycles. The summed E-state index contributed by atoms with van der Waals surface area (Å²) in [7, 11) is 0. The quantitative estimate of drug-likeness (QED) is 0.740. The number of rotatable bonds is 0. The summed E-state index contributed by atoms with van der Waals surface area (Å²) >= 11 is 0. The van der Waals surface area contributed by atoms with Crippen molar-refractivity contribution in [3.05, 3.63) is 0 Å². The molecule has 0 aromatic heterocycles. The highest BCUT2D eigenvalue weighted by atomic mass is 16.3. The van der Waals surface area contributed by atoms with Crippen molar-refractivity contribution in [2.45, 2.75) is 71.3 Å². The fourth-order valence-electron chi connectivity index (χ4n) is 8.08. The smallest absolute Gasteiger partial charge is 0.139 e. The minimum atomic E-state index is -0.0886. The number of Topliss-reactive ketones (excluding diaryl/α,β-unsaturated/α-hetero) is 1. The summed E-state index contributed by atoms with van der Waals surface area (Å²) in [6, 6.07) is 0. The maximum Gasteiger partial charge on any atom is 0.139 e. The van der Waals surface area contributed by atoms with Crippen LogP contribution in [0.4, 0.5) is 0 Å². The average molecular weight is 288 g/mol. The number of hydrogen-bond donors (Lipinski definition) is 1. The Hall–Kier alpha value is -0.370. The Balaban J connectivity index is 1.57. The molecule has 21 heavy (non-hydrogen) atoms. The third-order valence-electron chi connectivity index (χ3n) is 9.28. The molecule has 5 saturated carbocycles. The first kappa shape index (κ1) is 13.1. The number of hydrogen-bond acceptors (Lipinski definition) is 2. The Morgan fingerprint density at radius 2 is 1.90 bits per heavy atom. The van der Waals surface area contributed by atoms with Crippen LogP contribution >= 0.6 is 0 Å². The average Bonchev–Trinajstić information content (AvgIpc) is 3.01. The van der Waals surface area contributed by atoms with E-state index in [1.54, 1.807) is 0 Å². The van der Waals surface area contributed by atoms with Crippen molar-refractivity contribution in [3.63, 3.8) is 0 Å². The summed E-state index contributed by atoms with van der Waals surface area (Å²) in [4.78, 5) is 12.4. The Morgan fingerprint density at radius 3 is 2.67 bits per heavy atom. The first-order chi connectivity index (χ1) is 9.93. The van der Waals surface area contributed by atoms with Gasteiger partial charge in [0, 0.05) is 17.3 Å². The van der Waals surface area contributed by atoms with Crippen LogP contribution in [-0.2, 0) is 4.79 Å². The maximum atomic E-state index is 12.4. The third kappa shape index (κ3) is 1.22. The molecule has 0 radical (unpaired) electrons. The van der Waals surface area contributed by atoms with E-state index in [0.717, 1.165) is 37.5 Å². The van der Waals surface area contributed by atoms with Gasteiger partial charge in [0.1, 0.15) is 5.78 Å². The largest absolute Gasteiger partial charge is 0.393 e. The summed E-state index contributed by atoms with van der Waals surface area (Å²) < 4.78 is 0. The number of aliphatic hydroxyl groups is 1. The minimum Gasteiger partial charge on any atom is -0.393 e. The van der Waals surface area contributed by atoms with E-state index in [2.05, 4.69) is 13.8 Å². The third-order valence-corrected chi connectivity index (χ3v) is 9.28. The zero-order chi connectivity index (χ0) is 14.6. The lowest BCUT2D eigenvalue weighted by molar-refractivity contribution is -0.154. The van der Waals surface area contributed by atoms with Gasteiger partial charge in [0.05, 0.1) is 6.10 Å². The Labute approximate surface area is 127 Å². The van der Waals surface area contributed by atoms with Gasteiger partial charge in [-0.25, -0.2) is 0 Å². The van der Waals surface area contributed by atoms with Crippen LogP contribution in [0.3, 0.4) is 0 Å². The molecule has 5 fully saturated rings. The van der Waals surface area contributed by atoms with Gasteiger partial charge < -0.3 is 5.11 Å². The van der Waals surface area contributed by atoms with Gasteiger partial charge in [0.25, 0.3) is 0 Å². The van der Waals surface area contributed by atoms with Gasteiger partial charge in [-0.3, -0.25) is 4.79 Å². The lowest BCUT2D eigenvalue weighted by Gasteiger charge is -2.59. The van der Waals surface area contributed by atoms with Crippen molar-refractivity contribution in [1.29, 1.82) is 0 Å². The minimum absolute atomic E-state index is 0.0523. The number of carbonyl (C=O) groups is 1. The van der Waals surface area contributed by atoms with Crippen LogP contribution in [0.2, 0.25) is 0 Å². The van der Waals surface area contributed by atoms with Crippen LogP contribution in [0, 0.1) is 39.9 Å². The molecule has 2 heteroatoms. The maximum absolute atomic E-state index is 12.4. The van der Waals surface area contributed by atoms with Crippen LogP contribution in [0.5, 0.6) is 0 Å². The lowest BCUT2D eigenvalue weighted by Crippen LogP contribution is -2.56. The van der Waals surface area contributed by atoms with E-state index in [0.29, 0.717) is 23.0 Å². The molecule has 8 atom stereocenters. The lowest BCUT2D eigenvalue weighted by atomic mass is 9.46. The number of ketones is 1. The summed E-state index contributed by atoms with van der Waals surface area (Å²) in [6.45, 7) is 4.73. The van der Waals surface area contributed by atoms with E-state index in [1.807, 2.05) is 0 Å². The molecule has 0 unspecified atom stereocenters. The molecule has 0 aromatic rings. The van der Waals surface area contributed by atoms with Crippen molar-refractivity contribution in [1.82, 2.24) is 0 Å². The van der Waals surface area contributed by atoms with E-state index in [9.17, 15) is 9.90 Å². The highest BCUT2D eigenvalue weighted by Gasteiger charge is 2.77. The fraction of sp³-hybridized carbons (Fsp3) is 0.947. The first-order valence-corrected chi connectivity index (χ1v) is 9.15. The molecule has 1 N–H and O–H groups in total. The van der Waals surface area contributed by atoms with Gasteiger partial charge in [0.15, 0.2) is 0 Å². The molecule has 0 heterocycles. The van der Waals surface area contributed by atoms with E-state index in [1.165, 1.54) is 25.7 Å². The van der Waals surface area contributed by atoms with Crippen LogP contribution in [0.25, 0.3) is 0 Å². The second kappa shape index (κ2) is 3.58. The molecule has 1 spiro atoms. The molecule has 5 aliphatic rings. The summed E-state index contributed by atoms with van der Waals surface area (Å²) in [5, 5.41) is 11.0. The molecule has 2 nitrogen and oxygen atoms in total. The van der Waals surface area contributed by atoms with Gasteiger partial charge in [0.2, 0.25) is 0 Å². The molecular formula is C19H28O2. The van der Waals surface area contributed by atoms with E-state index in [-0.39, 0.29) is 16.9 Å². The van der Waals surface area contributed by atoms with E-state index < -0.39 is 0 Å². The van der Waals surface area contributed by atoms with Crippen LogP contribution in [-0.4, -0.2) is 17.0 Å². The summed E-state index contributed by atoms with van der Waals surface area (Å²) in [6.07, 6.45) is 9.10. The summed E-state index contributed by atoms with van der Waals surface area (Å²) in [5.41, 5.74) is 0.598. The van der Waals surface area contributed by atoms with Crippen molar-refractivity contribution in [2.24, 2.45) is 39.9 Å². The molecule has 5 aliphatic carbocycles. The molecule has 0 aromatic carbocycles. The number of aliphatic hydroxyl groups excluding tert-OH is 1. The second-order valence-corrected chi connectivity index (χ2v) is 9.44. The van der Waals surface area contributed by atoms with Gasteiger partial charge in [-0.15, -0.1) is 0 Å². The van der Waals surface area contributed by atoms with Crippen LogP contribution < -0.4 is 0 Å². The van der Waals surface area contributed by atoms with Crippen LogP contribution in [0.1, 0.15) is 65.2 Å². The van der Waals surface area contributed by atoms with Gasteiger partial charge in [-0.1, -0.05) is 13.8 Å². The van der Waals surface area contributed by atoms with E-state index in [4.69, 9.17) is 0 Å². The Kier molecular flexibility index (Phi) is 2.23. The predicted octanol–water partition coefficient (Wildman–Crippen LogP) is 3.57. The number of fused-ring (bicyclic) bond motifs is 4. The molecule has 0 bridgehead atoms. The van der Waals surface area contributed by atoms with Crippen molar-refractivity contribution >= 4 is 5.78 Å². The molecule has 116 valence electrons. The highest BCUT2D eigenvalue weighted by Crippen LogP contribution is 2.81. The molecular weight excluding hydrogens is 260 g/mol. The summed E-state index contributed by atoms with van der Waals surface area (Å²) in [5.74, 6) is 3.28. The van der Waals surface area contributed by atoms with Gasteiger partial charge in [-0.2, -0.15) is 0 Å². The van der Waals surface area contributed by atoms with Crippen molar-refractivity contribution in [3.8, 4) is 0 Å². The molecule has 0 aliphatic heterocycles. The molecule has 5 rings (SSSR count). The fourth-order valence-corrected chi connectivity index (χ4v) is 8.08. The Bertz CT molecular complexity index is 528. The zero-order valence-electron chi connectivity index (χ0n) is 13.4. The SMILES string of the molecule is C[C@]12CC[C@H]3[C@@H](C[C@H](O)[C@@]45C[C@@H]4CC[C@]35C)[C@@H]1CCC2=O. The topological polar surface area (TPSA) is 37.3 Å². The highest BCUT2D eigenvalue weighted by molar-refractivity contribution is 5.87. The standard InChI is InChI=1S/C19H28O2/c1-17-7-6-14-12(13(17)3-4-15(17)20)9-16(21)19-10-11(19)5-8-18(14,19)2/h11-14,16,21H,3-10H2,1-2H3/t11-,12-,13-,14-,16-,17-,18+,19+/m0/s1. The monoisotopic (exact) mass is 288 g/mol. The zero-order valence-corrected chi connectivity index (χ0v) is 13.4. The normalized spacial score (nSPS) is 64.5. The van der Waals surface area contributed by atoms with E-state index >= 15 is 0 Å². The van der Waals surface area contributed by atoms with Crippen LogP contribution in [0.15, 0.2) is 0 Å². The second-order valence-electron chi connectivity index (χ2n) is 9.44. The predicted molar refractivity (Wildman–Crippen MR) is 80.6 cm³/mol. The van der Waals surface area contributed by atoms with Crippen molar-refractivity contribution in [2.75, 3.05) is 0 Å².